The predicted molar refractivity (Wildman–Crippen MR) is 69.5 cm³/mol. The van der Waals surface area contributed by atoms with Crippen molar-refractivity contribution >= 4 is 27.6 Å². The lowest BCUT2D eigenvalue weighted by Gasteiger charge is -2.25. The van der Waals surface area contributed by atoms with Crippen LogP contribution in [0.2, 0.25) is 0 Å². The van der Waals surface area contributed by atoms with Crippen LogP contribution in [0.25, 0.3) is 10.2 Å². The van der Waals surface area contributed by atoms with E-state index in [1.807, 2.05) is 6.92 Å². The standard InChI is InChI=1S/C11H15N5S/c1-7-8-9(13-6-14-10(8)17-16-7)15-11(2)3-4-12-5-11/h6,12H,3-5H2,1-2H3,(H,13,14,15). The van der Waals surface area contributed by atoms with E-state index < -0.39 is 0 Å². The van der Waals surface area contributed by atoms with Gasteiger partial charge in [-0.05, 0) is 38.3 Å². The van der Waals surface area contributed by atoms with Crippen molar-refractivity contribution in [2.24, 2.45) is 0 Å². The van der Waals surface area contributed by atoms with Crippen LogP contribution < -0.4 is 10.6 Å². The fourth-order valence-corrected chi connectivity index (χ4v) is 2.97. The highest BCUT2D eigenvalue weighted by Crippen LogP contribution is 2.29. The molecular formula is C11H15N5S. The minimum Gasteiger partial charge on any atom is -0.363 e. The second kappa shape index (κ2) is 3.89. The van der Waals surface area contributed by atoms with Gasteiger partial charge in [0.25, 0.3) is 0 Å². The molecule has 5 nitrogen and oxygen atoms in total. The molecule has 2 aromatic heterocycles. The molecule has 2 aromatic rings. The molecule has 3 heterocycles. The number of nitrogens with zero attached hydrogens (tertiary/aromatic N) is 3. The zero-order valence-electron chi connectivity index (χ0n) is 9.95. The molecule has 0 bridgehead atoms. The van der Waals surface area contributed by atoms with E-state index in [4.69, 9.17) is 0 Å². The predicted octanol–water partition coefficient (Wildman–Crippen LogP) is 1.56. The Bertz CT molecular complexity index is 544. The highest BCUT2D eigenvalue weighted by Gasteiger charge is 2.29. The highest BCUT2D eigenvalue weighted by atomic mass is 32.1. The summed E-state index contributed by atoms with van der Waals surface area (Å²) in [7, 11) is 0. The van der Waals surface area contributed by atoms with Gasteiger partial charge in [0.1, 0.15) is 17.0 Å². The third kappa shape index (κ3) is 1.87. The first-order valence-corrected chi connectivity index (χ1v) is 6.51. The molecule has 0 aromatic carbocycles. The SMILES string of the molecule is Cc1nsc2ncnc(NC3(C)CCNC3)c12. The molecule has 0 aliphatic carbocycles. The summed E-state index contributed by atoms with van der Waals surface area (Å²) in [6.45, 7) is 6.24. The second-order valence-corrected chi connectivity index (χ2v) is 5.53. The first kappa shape index (κ1) is 10.9. The van der Waals surface area contributed by atoms with Gasteiger partial charge in [-0.2, -0.15) is 4.37 Å². The Morgan fingerprint density at radius 2 is 2.35 bits per heavy atom. The minimum atomic E-state index is 0.0790. The lowest BCUT2D eigenvalue weighted by Crippen LogP contribution is -2.37. The smallest absolute Gasteiger partial charge is 0.149 e. The number of hydrogen-bond acceptors (Lipinski definition) is 6. The molecule has 1 aliphatic heterocycles. The number of aromatic nitrogens is 3. The van der Waals surface area contributed by atoms with E-state index >= 15 is 0 Å². The molecule has 1 unspecified atom stereocenters. The maximum absolute atomic E-state index is 4.37. The van der Waals surface area contributed by atoms with Crippen molar-refractivity contribution in [1.29, 1.82) is 0 Å². The van der Waals surface area contributed by atoms with E-state index in [0.29, 0.717) is 0 Å². The Morgan fingerprint density at radius 1 is 1.47 bits per heavy atom. The van der Waals surface area contributed by atoms with Gasteiger partial charge in [-0.3, -0.25) is 0 Å². The van der Waals surface area contributed by atoms with Crippen LogP contribution in [-0.4, -0.2) is 33.0 Å². The molecule has 0 saturated carbocycles. The normalized spacial score (nSPS) is 24.4. The average molecular weight is 249 g/mol. The lowest BCUT2D eigenvalue weighted by atomic mass is 10.0. The van der Waals surface area contributed by atoms with Crippen LogP contribution in [0.15, 0.2) is 6.33 Å². The van der Waals surface area contributed by atoms with Crippen molar-refractivity contribution in [2.75, 3.05) is 18.4 Å². The number of nitrogens with one attached hydrogen (secondary N) is 2. The van der Waals surface area contributed by atoms with E-state index in [0.717, 1.165) is 41.2 Å². The summed E-state index contributed by atoms with van der Waals surface area (Å²) in [6.07, 6.45) is 2.71. The Labute approximate surface area is 104 Å². The Balaban J connectivity index is 2.02. The summed E-state index contributed by atoms with van der Waals surface area (Å²) in [5, 5.41) is 7.97. The number of anilines is 1. The Kier molecular flexibility index (Phi) is 2.48. The van der Waals surface area contributed by atoms with Crippen molar-refractivity contribution in [2.45, 2.75) is 25.8 Å². The molecule has 3 rings (SSSR count). The maximum Gasteiger partial charge on any atom is 0.149 e. The minimum absolute atomic E-state index is 0.0790. The van der Waals surface area contributed by atoms with Gasteiger partial charge in [0.15, 0.2) is 0 Å². The molecule has 17 heavy (non-hydrogen) atoms. The molecule has 1 fully saturated rings. The van der Waals surface area contributed by atoms with Crippen LogP contribution in [0, 0.1) is 6.92 Å². The lowest BCUT2D eigenvalue weighted by molar-refractivity contribution is 0.565. The van der Waals surface area contributed by atoms with Gasteiger partial charge in [0, 0.05) is 12.1 Å². The van der Waals surface area contributed by atoms with E-state index in [2.05, 4.69) is 31.9 Å². The van der Waals surface area contributed by atoms with Gasteiger partial charge in [0.2, 0.25) is 0 Å². The molecule has 2 N–H and O–H groups in total. The zero-order valence-corrected chi connectivity index (χ0v) is 10.8. The number of fused-ring (bicyclic) bond motifs is 1. The van der Waals surface area contributed by atoms with Crippen molar-refractivity contribution in [3.05, 3.63) is 12.0 Å². The molecule has 1 atom stereocenters. The third-order valence-electron chi connectivity index (χ3n) is 3.23. The van der Waals surface area contributed by atoms with E-state index in [1.165, 1.54) is 11.5 Å². The van der Waals surface area contributed by atoms with Gasteiger partial charge in [-0.15, -0.1) is 0 Å². The summed E-state index contributed by atoms with van der Waals surface area (Å²) in [5.41, 5.74) is 1.08. The van der Waals surface area contributed by atoms with Crippen molar-refractivity contribution in [3.8, 4) is 0 Å². The highest BCUT2D eigenvalue weighted by molar-refractivity contribution is 7.13. The number of aryl methyl sites for hydroxylation is 1. The van der Waals surface area contributed by atoms with Gasteiger partial charge in [-0.1, -0.05) is 0 Å². The van der Waals surface area contributed by atoms with Crippen LogP contribution in [0.3, 0.4) is 0 Å². The van der Waals surface area contributed by atoms with Crippen molar-refractivity contribution < 1.29 is 0 Å². The molecule has 0 spiro atoms. The third-order valence-corrected chi connectivity index (χ3v) is 4.08. The van der Waals surface area contributed by atoms with Crippen LogP contribution in [0.4, 0.5) is 5.82 Å². The van der Waals surface area contributed by atoms with Gasteiger partial charge in [-0.25, -0.2) is 9.97 Å². The van der Waals surface area contributed by atoms with Crippen LogP contribution in [-0.2, 0) is 0 Å². The van der Waals surface area contributed by atoms with Gasteiger partial charge >= 0.3 is 0 Å². The second-order valence-electron chi connectivity index (χ2n) is 4.78. The topological polar surface area (TPSA) is 62.7 Å². The Hall–Kier alpha value is -1.27. The number of rotatable bonds is 2. The first-order valence-electron chi connectivity index (χ1n) is 5.74. The molecule has 6 heteroatoms. The fourth-order valence-electron chi connectivity index (χ4n) is 2.23. The summed E-state index contributed by atoms with van der Waals surface area (Å²) in [4.78, 5) is 9.57. The summed E-state index contributed by atoms with van der Waals surface area (Å²) >= 11 is 1.43. The van der Waals surface area contributed by atoms with E-state index in [1.54, 1.807) is 6.33 Å². The summed E-state index contributed by atoms with van der Waals surface area (Å²) in [5.74, 6) is 0.910. The molecule has 0 radical (unpaired) electrons. The molecule has 0 amide bonds. The van der Waals surface area contributed by atoms with E-state index in [9.17, 15) is 0 Å². The Morgan fingerprint density at radius 3 is 3.12 bits per heavy atom. The summed E-state index contributed by atoms with van der Waals surface area (Å²) in [6, 6.07) is 0. The maximum atomic E-state index is 4.37. The molecule has 1 saturated heterocycles. The van der Waals surface area contributed by atoms with Gasteiger partial charge < -0.3 is 10.6 Å². The van der Waals surface area contributed by atoms with E-state index in [-0.39, 0.29) is 5.54 Å². The van der Waals surface area contributed by atoms with Crippen LogP contribution in [0.1, 0.15) is 19.0 Å². The average Bonchev–Trinajstić information content (AvgIpc) is 2.87. The van der Waals surface area contributed by atoms with Crippen LogP contribution in [0.5, 0.6) is 0 Å². The first-order chi connectivity index (χ1) is 8.18. The molecule has 1 aliphatic rings. The molecular weight excluding hydrogens is 234 g/mol. The van der Waals surface area contributed by atoms with Gasteiger partial charge in [0.05, 0.1) is 11.1 Å². The molecule has 90 valence electrons. The quantitative estimate of drug-likeness (QED) is 0.845. The zero-order chi connectivity index (χ0) is 11.9. The number of hydrogen-bond donors (Lipinski definition) is 2. The van der Waals surface area contributed by atoms with Crippen molar-refractivity contribution in [1.82, 2.24) is 19.7 Å². The van der Waals surface area contributed by atoms with Crippen molar-refractivity contribution in [3.63, 3.8) is 0 Å². The van der Waals surface area contributed by atoms with Crippen LogP contribution >= 0.6 is 11.5 Å². The summed E-state index contributed by atoms with van der Waals surface area (Å²) < 4.78 is 4.34. The largest absolute Gasteiger partial charge is 0.363 e. The fraction of sp³-hybridized carbons (Fsp3) is 0.545. The monoisotopic (exact) mass is 249 g/mol.